The molecule has 0 spiro atoms. The molecule has 1 aliphatic carbocycles. The van der Waals surface area contributed by atoms with E-state index in [0.717, 1.165) is 17.5 Å². The Balaban J connectivity index is 2.59. The number of hydrogen-bond donors (Lipinski definition) is 0. The number of halogens is 2. The Morgan fingerprint density at radius 2 is 1.41 bits per heavy atom. The standard InChI is InChI=1S/C25H30Cl2O7/c1-12-8-14-10-16(29-3)21(30-4)22(31-5)18(14)19-15(9-13(12)2)20(27)24(32-6)25(33-7)23(19)34-17(28)11-26/h10,12-13H,8-9,11H2,1-7H3. The van der Waals surface area contributed by atoms with Gasteiger partial charge in [-0.1, -0.05) is 25.4 Å². The quantitative estimate of drug-likeness (QED) is 0.273. The van der Waals surface area contributed by atoms with Crippen LogP contribution in [0.1, 0.15) is 25.0 Å². The number of carbonyl (C=O) groups excluding carboxylic acids is 1. The van der Waals surface area contributed by atoms with Crippen LogP contribution in [0.5, 0.6) is 34.5 Å². The molecule has 0 N–H and O–H groups in total. The fraction of sp³-hybridized carbons (Fsp3) is 0.480. The van der Waals surface area contributed by atoms with Crippen molar-refractivity contribution >= 4 is 29.2 Å². The van der Waals surface area contributed by atoms with Gasteiger partial charge in [-0.25, -0.2) is 0 Å². The lowest BCUT2D eigenvalue weighted by Gasteiger charge is -2.31. The summed E-state index contributed by atoms with van der Waals surface area (Å²) in [5.74, 6) is 1.58. The normalized spacial score (nSPS) is 17.0. The van der Waals surface area contributed by atoms with Gasteiger partial charge in [-0.05, 0) is 41.9 Å². The first kappa shape index (κ1) is 26.1. The van der Waals surface area contributed by atoms with Crippen LogP contribution in [-0.2, 0) is 17.6 Å². The van der Waals surface area contributed by atoms with Gasteiger partial charge >= 0.3 is 5.97 Å². The predicted molar refractivity (Wildman–Crippen MR) is 132 cm³/mol. The van der Waals surface area contributed by atoms with Crippen molar-refractivity contribution in [2.45, 2.75) is 26.7 Å². The van der Waals surface area contributed by atoms with Crippen LogP contribution in [0.2, 0.25) is 5.02 Å². The molecule has 0 fully saturated rings. The van der Waals surface area contributed by atoms with Crippen LogP contribution in [-0.4, -0.2) is 47.4 Å². The maximum absolute atomic E-state index is 12.4. The van der Waals surface area contributed by atoms with Crippen LogP contribution >= 0.6 is 23.2 Å². The summed E-state index contributed by atoms with van der Waals surface area (Å²) in [6.07, 6.45) is 1.33. The van der Waals surface area contributed by atoms with E-state index in [1.165, 1.54) is 21.3 Å². The van der Waals surface area contributed by atoms with Crippen molar-refractivity contribution in [1.82, 2.24) is 0 Å². The van der Waals surface area contributed by atoms with E-state index >= 15 is 0 Å². The topological polar surface area (TPSA) is 72.5 Å². The molecule has 7 nitrogen and oxygen atoms in total. The summed E-state index contributed by atoms with van der Waals surface area (Å²) in [5, 5.41) is 0.378. The summed E-state index contributed by atoms with van der Waals surface area (Å²) in [6.45, 7) is 4.35. The molecule has 0 aromatic heterocycles. The molecular formula is C25H30Cl2O7. The Bertz CT molecular complexity index is 1080. The van der Waals surface area contributed by atoms with E-state index in [-0.39, 0.29) is 29.0 Å². The molecule has 9 heteroatoms. The second kappa shape index (κ2) is 10.8. The third-order valence-electron chi connectivity index (χ3n) is 6.34. The number of carbonyl (C=O) groups is 1. The molecular weight excluding hydrogens is 483 g/mol. The minimum atomic E-state index is -0.643. The highest BCUT2D eigenvalue weighted by Crippen LogP contribution is 2.58. The third kappa shape index (κ3) is 4.43. The number of fused-ring (bicyclic) bond motifs is 3. The summed E-state index contributed by atoms with van der Waals surface area (Å²) in [7, 11) is 7.61. The fourth-order valence-corrected chi connectivity index (χ4v) is 4.86. The number of ether oxygens (including phenoxy) is 6. The highest BCUT2D eigenvalue weighted by Gasteiger charge is 2.36. The number of methoxy groups -OCH3 is 5. The molecule has 2 atom stereocenters. The molecule has 0 saturated heterocycles. The molecule has 2 aromatic rings. The maximum Gasteiger partial charge on any atom is 0.326 e. The first-order valence-electron chi connectivity index (χ1n) is 10.8. The van der Waals surface area contributed by atoms with Crippen molar-refractivity contribution in [1.29, 1.82) is 0 Å². The van der Waals surface area contributed by atoms with Crippen LogP contribution in [0, 0.1) is 11.8 Å². The van der Waals surface area contributed by atoms with Gasteiger partial charge < -0.3 is 28.4 Å². The van der Waals surface area contributed by atoms with Gasteiger partial charge in [0.2, 0.25) is 11.5 Å². The molecule has 0 amide bonds. The molecule has 0 heterocycles. The average Bonchev–Trinajstić information content (AvgIpc) is 2.83. The second-order valence-corrected chi connectivity index (χ2v) is 8.86. The van der Waals surface area contributed by atoms with Crippen molar-refractivity contribution in [3.8, 4) is 45.6 Å². The van der Waals surface area contributed by atoms with Crippen molar-refractivity contribution in [3.05, 3.63) is 22.2 Å². The van der Waals surface area contributed by atoms with Gasteiger partial charge in [0.05, 0.1) is 40.6 Å². The van der Waals surface area contributed by atoms with Crippen molar-refractivity contribution in [2.75, 3.05) is 41.4 Å². The third-order valence-corrected chi connectivity index (χ3v) is 6.96. The van der Waals surface area contributed by atoms with Crippen LogP contribution < -0.4 is 28.4 Å². The highest BCUT2D eigenvalue weighted by atomic mass is 35.5. The van der Waals surface area contributed by atoms with Gasteiger partial charge in [-0.3, -0.25) is 4.79 Å². The molecule has 186 valence electrons. The maximum atomic E-state index is 12.4. The van der Waals surface area contributed by atoms with Crippen LogP contribution in [0.15, 0.2) is 6.07 Å². The molecule has 0 bridgehead atoms. The molecule has 1 aliphatic rings. The van der Waals surface area contributed by atoms with Crippen LogP contribution in [0.25, 0.3) is 11.1 Å². The van der Waals surface area contributed by atoms with E-state index in [2.05, 4.69) is 13.8 Å². The van der Waals surface area contributed by atoms with Gasteiger partial charge in [0.15, 0.2) is 23.0 Å². The Labute approximate surface area is 210 Å². The lowest BCUT2D eigenvalue weighted by atomic mass is 9.77. The summed E-state index contributed by atoms with van der Waals surface area (Å²) in [4.78, 5) is 12.4. The molecule has 34 heavy (non-hydrogen) atoms. The van der Waals surface area contributed by atoms with E-state index in [1.54, 1.807) is 14.2 Å². The first-order chi connectivity index (χ1) is 16.3. The Hall–Kier alpha value is -2.51. The van der Waals surface area contributed by atoms with Gasteiger partial charge in [-0.2, -0.15) is 0 Å². The van der Waals surface area contributed by atoms with E-state index in [1.807, 2.05) is 6.07 Å². The second-order valence-electron chi connectivity index (χ2n) is 8.21. The van der Waals surface area contributed by atoms with Crippen molar-refractivity contribution in [3.63, 3.8) is 0 Å². The monoisotopic (exact) mass is 512 g/mol. The first-order valence-corrected chi connectivity index (χ1v) is 11.7. The van der Waals surface area contributed by atoms with Gasteiger partial charge in [0, 0.05) is 11.1 Å². The minimum absolute atomic E-state index is 0.165. The number of esters is 1. The fourth-order valence-electron chi connectivity index (χ4n) is 4.48. The average molecular weight is 513 g/mol. The number of hydrogen-bond acceptors (Lipinski definition) is 7. The van der Waals surface area contributed by atoms with Gasteiger partial charge in [-0.15, -0.1) is 11.6 Å². The molecule has 2 unspecified atom stereocenters. The lowest BCUT2D eigenvalue weighted by Crippen LogP contribution is -2.20. The minimum Gasteiger partial charge on any atom is -0.493 e. The zero-order chi connectivity index (χ0) is 25.2. The summed E-state index contributed by atoms with van der Waals surface area (Å²) in [5.41, 5.74) is 2.95. The van der Waals surface area contributed by atoms with Gasteiger partial charge in [0.1, 0.15) is 5.88 Å². The SMILES string of the molecule is COc1cc2c(c(OC)c1OC)-c1c(c(Cl)c(OC)c(OC)c1OC(=O)CCl)CC(C)C(C)C2. The number of rotatable bonds is 7. The smallest absolute Gasteiger partial charge is 0.326 e. The Kier molecular flexibility index (Phi) is 8.31. The predicted octanol–water partition coefficient (Wildman–Crippen LogP) is 5.57. The molecule has 3 rings (SSSR count). The lowest BCUT2D eigenvalue weighted by molar-refractivity contribution is -0.131. The van der Waals surface area contributed by atoms with Crippen molar-refractivity contribution in [2.24, 2.45) is 11.8 Å². The van der Waals surface area contributed by atoms with E-state index < -0.39 is 5.97 Å². The largest absolute Gasteiger partial charge is 0.493 e. The number of alkyl halides is 1. The number of benzene rings is 2. The Morgan fingerprint density at radius 1 is 0.824 bits per heavy atom. The summed E-state index contributed by atoms with van der Waals surface area (Å²) >= 11 is 12.7. The molecule has 0 saturated carbocycles. The van der Waals surface area contributed by atoms with E-state index in [4.69, 9.17) is 51.6 Å². The Morgan fingerprint density at radius 3 is 1.94 bits per heavy atom. The van der Waals surface area contributed by atoms with E-state index in [9.17, 15) is 4.79 Å². The molecule has 2 aromatic carbocycles. The zero-order valence-corrected chi connectivity index (χ0v) is 22.0. The zero-order valence-electron chi connectivity index (χ0n) is 20.5. The highest BCUT2D eigenvalue weighted by molar-refractivity contribution is 6.34. The van der Waals surface area contributed by atoms with E-state index in [0.29, 0.717) is 45.7 Å². The van der Waals surface area contributed by atoms with Gasteiger partial charge in [0.25, 0.3) is 0 Å². The van der Waals surface area contributed by atoms with Crippen LogP contribution in [0.3, 0.4) is 0 Å². The molecule has 0 aliphatic heterocycles. The summed E-state index contributed by atoms with van der Waals surface area (Å²) < 4.78 is 34.1. The van der Waals surface area contributed by atoms with Crippen molar-refractivity contribution < 1.29 is 33.2 Å². The summed E-state index contributed by atoms with van der Waals surface area (Å²) in [6, 6.07) is 1.92. The molecule has 0 radical (unpaired) electrons. The van der Waals surface area contributed by atoms with Crippen LogP contribution in [0.4, 0.5) is 0 Å².